The third kappa shape index (κ3) is 6.35. The third-order valence-electron chi connectivity index (χ3n) is 1.50. The minimum absolute atomic E-state index is 0.0959. The second-order valence-electron chi connectivity index (χ2n) is 3.65. The van der Waals surface area contributed by atoms with Crippen molar-refractivity contribution in [1.29, 1.82) is 0 Å². The van der Waals surface area contributed by atoms with Gasteiger partial charge in [0.25, 0.3) is 0 Å². The van der Waals surface area contributed by atoms with Crippen LogP contribution in [0.25, 0.3) is 0 Å². The van der Waals surface area contributed by atoms with Gasteiger partial charge in [0, 0.05) is 5.54 Å². The van der Waals surface area contributed by atoms with E-state index in [1.807, 2.05) is 45.9 Å². The van der Waals surface area contributed by atoms with Crippen molar-refractivity contribution in [1.82, 2.24) is 0 Å². The molecule has 0 radical (unpaired) electrons. The predicted molar refractivity (Wildman–Crippen MR) is 59.8 cm³/mol. The summed E-state index contributed by atoms with van der Waals surface area (Å²) in [7, 11) is 0. The summed E-state index contributed by atoms with van der Waals surface area (Å²) in [6, 6.07) is 10.3. The standard InChI is InChI=1S/C10H15N.C2H6/c1-10(2,11)8-9-6-4-3-5-7-9;1-2/h3-7H,8,11H2,1-2H3;1-2H3. The van der Waals surface area contributed by atoms with E-state index in [-0.39, 0.29) is 5.54 Å². The summed E-state index contributed by atoms with van der Waals surface area (Å²) in [6.07, 6.45) is 0.938. The fourth-order valence-corrected chi connectivity index (χ4v) is 1.12. The van der Waals surface area contributed by atoms with E-state index >= 15 is 0 Å². The molecule has 74 valence electrons. The SMILES string of the molecule is CC.CC(C)(N)Cc1ccccc1. The smallest absolute Gasteiger partial charge is 0.0138 e. The minimum atomic E-state index is -0.0959. The molecule has 13 heavy (non-hydrogen) atoms. The van der Waals surface area contributed by atoms with Gasteiger partial charge in [0.05, 0.1) is 0 Å². The van der Waals surface area contributed by atoms with Gasteiger partial charge in [0.1, 0.15) is 0 Å². The Bertz CT molecular complexity index is 208. The zero-order valence-corrected chi connectivity index (χ0v) is 9.17. The Kier molecular flexibility index (Phi) is 5.40. The van der Waals surface area contributed by atoms with E-state index in [1.165, 1.54) is 5.56 Å². The summed E-state index contributed by atoms with van der Waals surface area (Å²) >= 11 is 0. The topological polar surface area (TPSA) is 26.0 Å². The first-order valence-corrected chi connectivity index (χ1v) is 4.91. The molecule has 1 rings (SSSR count). The summed E-state index contributed by atoms with van der Waals surface area (Å²) in [5.41, 5.74) is 7.08. The highest BCUT2D eigenvalue weighted by Crippen LogP contribution is 2.08. The lowest BCUT2D eigenvalue weighted by Gasteiger charge is -2.17. The van der Waals surface area contributed by atoms with Crippen LogP contribution in [0.3, 0.4) is 0 Å². The van der Waals surface area contributed by atoms with Crippen molar-refractivity contribution in [3.05, 3.63) is 35.9 Å². The molecule has 0 aliphatic heterocycles. The molecule has 0 bridgehead atoms. The first-order valence-electron chi connectivity index (χ1n) is 4.91. The molecule has 0 heterocycles. The van der Waals surface area contributed by atoms with Gasteiger partial charge >= 0.3 is 0 Å². The molecule has 0 aliphatic rings. The van der Waals surface area contributed by atoms with E-state index in [9.17, 15) is 0 Å². The zero-order valence-electron chi connectivity index (χ0n) is 9.17. The van der Waals surface area contributed by atoms with Crippen molar-refractivity contribution in [3.8, 4) is 0 Å². The molecule has 1 heteroatoms. The van der Waals surface area contributed by atoms with Gasteiger partial charge in [-0.15, -0.1) is 0 Å². The fraction of sp³-hybridized carbons (Fsp3) is 0.500. The van der Waals surface area contributed by atoms with Crippen LogP contribution in [-0.2, 0) is 6.42 Å². The van der Waals surface area contributed by atoms with Crippen LogP contribution >= 0.6 is 0 Å². The van der Waals surface area contributed by atoms with Gasteiger partial charge in [-0.05, 0) is 25.8 Å². The number of benzene rings is 1. The number of nitrogens with two attached hydrogens (primary N) is 1. The van der Waals surface area contributed by atoms with Gasteiger partial charge in [0.2, 0.25) is 0 Å². The maximum atomic E-state index is 5.87. The van der Waals surface area contributed by atoms with Gasteiger partial charge in [-0.2, -0.15) is 0 Å². The van der Waals surface area contributed by atoms with Crippen molar-refractivity contribution in [2.24, 2.45) is 5.73 Å². The molecule has 0 atom stereocenters. The van der Waals surface area contributed by atoms with Gasteiger partial charge in [-0.1, -0.05) is 44.2 Å². The van der Waals surface area contributed by atoms with Crippen LogP contribution in [0.1, 0.15) is 33.3 Å². The molecule has 1 aromatic carbocycles. The van der Waals surface area contributed by atoms with Crippen LogP contribution in [-0.4, -0.2) is 5.54 Å². The predicted octanol–water partition coefficient (Wildman–Crippen LogP) is 2.99. The molecular formula is C12H21N. The molecule has 2 N–H and O–H groups in total. The second-order valence-corrected chi connectivity index (χ2v) is 3.65. The molecule has 0 spiro atoms. The molecule has 0 aliphatic carbocycles. The number of hydrogen-bond donors (Lipinski definition) is 1. The molecule has 0 unspecified atom stereocenters. The minimum Gasteiger partial charge on any atom is -0.325 e. The molecule has 0 saturated carbocycles. The van der Waals surface area contributed by atoms with Crippen LogP contribution in [0.5, 0.6) is 0 Å². The Balaban J connectivity index is 0.000000671. The second kappa shape index (κ2) is 5.76. The van der Waals surface area contributed by atoms with E-state index in [4.69, 9.17) is 5.73 Å². The number of hydrogen-bond acceptors (Lipinski definition) is 1. The van der Waals surface area contributed by atoms with Gasteiger partial charge < -0.3 is 5.73 Å². The molecule has 0 aromatic heterocycles. The maximum Gasteiger partial charge on any atom is 0.0138 e. The van der Waals surface area contributed by atoms with Gasteiger partial charge in [-0.3, -0.25) is 0 Å². The van der Waals surface area contributed by atoms with Crippen molar-refractivity contribution < 1.29 is 0 Å². The highest BCUT2D eigenvalue weighted by atomic mass is 14.7. The zero-order chi connectivity index (χ0) is 10.3. The summed E-state index contributed by atoms with van der Waals surface area (Å²) in [5.74, 6) is 0. The van der Waals surface area contributed by atoms with Crippen LogP contribution < -0.4 is 5.73 Å². The molecule has 1 aromatic rings. The van der Waals surface area contributed by atoms with E-state index in [0.717, 1.165) is 6.42 Å². The van der Waals surface area contributed by atoms with E-state index in [1.54, 1.807) is 0 Å². The monoisotopic (exact) mass is 179 g/mol. The summed E-state index contributed by atoms with van der Waals surface area (Å²) in [6.45, 7) is 8.08. The van der Waals surface area contributed by atoms with Crippen molar-refractivity contribution >= 4 is 0 Å². The number of rotatable bonds is 2. The molecule has 0 amide bonds. The van der Waals surface area contributed by atoms with Crippen molar-refractivity contribution in [2.75, 3.05) is 0 Å². The average molecular weight is 179 g/mol. The summed E-state index contributed by atoms with van der Waals surface area (Å²) in [5, 5.41) is 0. The van der Waals surface area contributed by atoms with E-state index < -0.39 is 0 Å². The lowest BCUT2D eigenvalue weighted by molar-refractivity contribution is 0.517. The Morgan fingerprint density at radius 3 is 1.92 bits per heavy atom. The fourth-order valence-electron chi connectivity index (χ4n) is 1.12. The first kappa shape index (κ1) is 12.2. The Morgan fingerprint density at radius 2 is 1.54 bits per heavy atom. The van der Waals surface area contributed by atoms with Crippen LogP contribution in [0.4, 0.5) is 0 Å². The summed E-state index contributed by atoms with van der Waals surface area (Å²) < 4.78 is 0. The van der Waals surface area contributed by atoms with Crippen molar-refractivity contribution in [2.45, 2.75) is 39.7 Å². The van der Waals surface area contributed by atoms with Crippen molar-refractivity contribution in [3.63, 3.8) is 0 Å². The van der Waals surface area contributed by atoms with E-state index in [2.05, 4.69) is 12.1 Å². The van der Waals surface area contributed by atoms with Crippen LogP contribution in [0.15, 0.2) is 30.3 Å². The third-order valence-corrected chi connectivity index (χ3v) is 1.50. The highest BCUT2D eigenvalue weighted by Gasteiger charge is 2.10. The lowest BCUT2D eigenvalue weighted by Crippen LogP contribution is -2.34. The Labute approximate surface area is 82.0 Å². The van der Waals surface area contributed by atoms with Crippen LogP contribution in [0.2, 0.25) is 0 Å². The molecule has 0 saturated heterocycles. The molecule has 1 nitrogen and oxygen atoms in total. The highest BCUT2D eigenvalue weighted by molar-refractivity contribution is 5.16. The van der Waals surface area contributed by atoms with Crippen LogP contribution in [0, 0.1) is 0 Å². The van der Waals surface area contributed by atoms with E-state index in [0.29, 0.717) is 0 Å². The maximum absolute atomic E-state index is 5.87. The van der Waals surface area contributed by atoms with Gasteiger partial charge in [0.15, 0.2) is 0 Å². The Morgan fingerprint density at radius 1 is 1.08 bits per heavy atom. The summed E-state index contributed by atoms with van der Waals surface area (Å²) in [4.78, 5) is 0. The first-order chi connectivity index (χ1) is 6.08. The molecule has 0 fully saturated rings. The lowest BCUT2D eigenvalue weighted by atomic mass is 9.96. The Hall–Kier alpha value is -0.820. The van der Waals surface area contributed by atoms with Gasteiger partial charge in [-0.25, -0.2) is 0 Å². The largest absolute Gasteiger partial charge is 0.325 e. The quantitative estimate of drug-likeness (QED) is 0.742. The average Bonchev–Trinajstić information content (AvgIpc) is 2.07. The normalized spacial score (nSPS) is 10.2. The molecular weight excluding hydrogens is 158 g/mol.